The van der Waals surface area contributed by atoms with E-state index in [-0.39, 0.29) is 49.0 Å². The number of ether oxygens (including phenoxy) is 4. The highest BCUT2D eigenvalue weighted by molar-refractivity contribution is 5.98. The Morgan fingerprint density at radius 3 is 2.45 bits per heavy atom. The minimum atomic E-state index is -0.832. The highest BCUT2D eigenvalue weighted by Crippen LogP contribution is 2.75. The highest BCUT2D eigenvalue weighted by atomic mass is 16.6. The third-order valence-electron chi connectivity index (χ3n) is 12.6. The van der Waals surface area contributed by atoms with Crippen LogP contribution < -0.4 is 0 Å². The van der Waals surface area contributed by atoms with Crippen LogP contribution in [0.3, 0.4) is 0 Å². The molecule has 9 heteroatoms. The zero-order chi connectivity index (χ0) is 30.6. The Bertz CT molecular complexity index is 1300. The highest BCUT2D eigenvalue weighted by Gasteiger charge is 2.78. The lowest BCUT2D eigenvalue weighted by atomic mass is 9.36. The summed E-state index contributed by atoms with van der Waals surface area (Å²) in [6.45, 7) is 13.8. The number of hydrogen-bond donors (Lipinski definition) is 1. The van der Waals surface area contributed by atoms with Gasteiger partial charge in [0.25, 0.3) is 0 Å². The Hall–Kier alpha value is -2.52. The van der Waals surface area contributed by atoms with Gasteiger partial charge in [-0.15, -0.1) is 0 Å². The maximum atomic E-state index is 13.8. The normalized spacial score (nSPS) is 49.4. The molecule has 2 saturated heterocycles. The van der Waals surface area contributed by atoms with E-state index in [0.29, 0.717) is 25.0 Å². The minimum absolute atomic E-state index is 0.0176. The number of ketones is 1. The lowest BCUT2D eigenvalue weighted by Gasteiger charge is -2.69. The molecular formula is C33H44O9. The molecule has 2 heterocycles. The van der Waals surface area contributed by atoms with Gasteiger partial charge in [0.05, 0.1) is 31.8 Å². The Morgan fingerprint density at radius 2 is 1.83 bits per heavy atom. The first-order chi connectivity index (χ1) is 19.6. The van der Waals surface area contributed by atoms with Crippen LogP contribution in [0.15, 0.2) is 23.3 Å². The zero-order valence-electron chi connectivity index (χ0n) is 25.7. The van der Waals surface area contributed by atoms with Crippen molar-refractivity contribution in [2.45, 2.75) is 98.6 Å². The van der Waals surface area contributed by atoms with E-state index < -0.39 is 63.9 Å². The molecule has 4 aliphatic carbocycles. The Balaban J connectivity index is 1.51. The molecule has 5 fully saturated rings. The number of hydrogen-bond acceptors (Lipinski definition) is 9. The third kappa shape index (κ3) is 3.68. The van der Waals surface area contributed by atoms with E-state index in [9.17, 15) is 24.3 Å². The van der Waals surface area contributed by atoms with Crippen LogP contribution in [0.5, 0.6) is 0 Å². The van der Waals surface area contributed by atoms with Crippen molar-refractivity contribution in [3.8, 4) is 0 Å². The van der Waals surface area contributed by atoms with Crippen molar-refractivity contribution in [2.24, 2.45) is 45.3 Å². The number of fused-ring (bicyclic) bond motifs is 4. The summed E-state index contributed by atoms with van der Waals surface area (Å²) >= 11 is 0. The van der Waals surface area contributed by atoms with Crippen LogP contribution in [0.4, 0.5) is 0 Å². The molecule has 0 bridgehead atoms. The number of esters is 3. The number of carbonyl (C=O) groups is 4. The molecule has 6 rings (SSSR count). The van der Waals surface area contributed by atoms with Gasteiger partial charge >= 0.3 is 17.9 Å². The number of aliphatic hydroxyl groups is 1. The molecule has 12 atom stereocenters. The topological polar surface area (TPSA) is 125 Å². The van der Waals surface area contributed by atoms with E-state index >= 15 is 0 Å². The summed E-state index contributed by atoms with van der Waals surface area (Å²) in [6.07, 6.45) is 2.67. The Morgan fingerprint density at radius 1 is 1.12 bits per heavy atom. The van der Waals surface area contributed by atoms with Gasteiger partial charge in [-0.05, 0) is 49.7 Å². The van der Waals surface area contributed by atoms with Gasteiger partial charge in [-0.1, -0.05) is 33.8 Å². The molecule has 12 unspecified atom stereocenters. The predicted molar refractivity (Wildman–Crippen MR) is 150 cm³/mol. The molecule has 0 spiro atoms. The van der Waals surface area contributed by atoms with E-state index in [1.807, 2.05) is 0 Å². The number of cyclic esters (lactones) is 1. The molecule has 230 valence electrons. The summed E-state index contributed by atoms with van der Waals surface area (Å²) in [5, 5.41) is 12.0. The molecule has 6 aliphatic rings. The summed E-state index contributed by atoms with van der Waals surface area (Å²) in [5.74, 6) is -2.19. The molecule has 9 nitrogen and oxygen atoms in total. The standard InChI is InChI=1S/C33H44O9/c1-8-16(2)29(38)42-28-26-27-31(5,15-40-26)23(41-17(3)34)13-22(36)33(27,7)20-9-10-30(4)21(32(20,28)6)12-19(35)25(30)18-11-24(37)39-14-18/h8,12,18,20,22-23,25-28,36H,9-11,13-15H2,1-7H3. The second-order valence-electron chi connectivity index (χ2n) is 14.6. The Labute approximate surface area is 247 Å². The fourth-order valence-electron chi connectivity index (χ4n) is 10.8. The van der Waals surface area contributed by atoms with Gasteiger partial charge < -0.3 is 24.1 Å². The Kier molecular flexibility index (Phi) is 6.67. The first kappa shape index (κ1) is 29.5. The zero-order valence-corrected chi connectivity index (χ0v) is 25.7. The van der Waals surface area contributed by atoms with Crippen molar-refractivity contribution >= 4 is 23.7 Å². The van der Waals surface area contributed by atoms with Crippen molar-refractivity contribution in [2.75, 3.05) is 13.2 Å². The average molecular weight is 585 g/mol. The van der Waals surface area contributed by atoms with E-state index in [4.69, 9.17) is 18.9 Å². The van der Waals surface area contributed by atoms with Crippen LogP contribution >= 0.6 is 0 Å². The number of carbonyl (C=O) groups excluding carboxylic acids is 4. The second kappa shape index (κ2) is 9.49. The van der Waals surface area contributed by atoms with Crippen molar-refractivity contribution in [1.29, 1.82) is 0 Å². The smallest absolute Gasteiger partial charge is 0.333 e. The number of rotatable bonds is 4. The summed E-state index contributed by atoms with van der Waals surface area (Å²) in [6, 6.07) is 0. The van der Waals surface area contributed by atoms with Gasteiger partial charge in [-0.25, -0.2) is 4.79 Å². The van der Waals surface area contributed by atoms with Crippen LogP contribution in [-0.2, 0) is 38.1 Å². The summed E-state index contributed by atoms with van der Waals surface area (Å²) in [5.41, 5.74) is -1.28. The molecular weight excluding hydrogens is 540 g/mol. The summed E-state index contributed by atoms with van der Waals surface area (Å²) in [7, 11) is 0. The quantitative estimate of drug-likeness (QED) is 0.299. The second-order valence-corrected chi connectivity index (χ2v) is 14.6. The molecule has 3 saturated carbocycles. The summed E-state index contributed by atoms with van der Waals surface area (Å²) < 4.78 is 24.2. The molecule has 0 aromatic heterocycles. The molecule has 0 radical (unpaired) electrons. The van der Waals surface area contributed by atoms with E-state index in [1.54, 1.807) is 26.0 Å². The SMILES string of the molecule is CC=C(C)C(=O)OC1C2OCC3(C)C(OC(C)=O)CC(O)C(C)(C23)C2CCC3(C)C(=CC(=O)C3C3COC(=O)C3)C12C. The summed E-state index contributed by atoms with van der Waals surface area (Å²) in [4.78, 5) is 51.5. The van der Waals surface area contributed by atoms with Crippen molar-refractivity contribution in [1.82, 2.24) is 0 Å². The molecule has 0 aromatic rings. The average Bonchev–Trinajstić information content (AvgIpc) is 3.58. The van der Waals surface area contributed by atoms with Crippen LogP contribution in [0.1, 0.15) is 74.1 Å². The van der Waals surface area contributed by atoms with Gasteiger partial charge in [0.15, 0.2) is 5.78 Å². The van der Waals surface area contributed by atoms with Crippen LogP contribution in [-0.4, -0.2) is 66.4 Å². The fourth-order valence-corrected chi connectivity index (χ4v) is 10.8. The maximum Gasteiger partial charge on any atom is 0.333 e. The van der Waals surface area contributed by atoms with Crippen LogP contribution in [0.2, 0.25) is 0 Å². The van der Waals surface area contributed by atoms with E-state index in [0.717, 1.165) is 5.57 Å². The van der Waals surface area contributed by atoms with Gasteiger partial charge in [0, 0.05) is 52.9 Å². The monoisotopic (exact) mass is 584 g/mol. The lowest BCUT2D eigenvalue weighted by Crippen LogP contribution is -2.73. The first-order valence-corrected chi connectivity index (χ1v) is 15.4. The minimum Gasteiger partial charge on any atom is -0.465 e. The lowest BCUT2D eigenvalue weighted by molar-refractivity contribution is -0.263. The molecule has 2 aliphatic heterocycles. The van der Waals surface area contributed by atoms with Crippen LogP contribution in [0, 0.1) is 45.3 Å². The molecule has 0 aromatic carbocycles. The predicted octanol–water partition coefficient (Wildman–Crippen LogP) is 3.71. The first-order valence-electron chi connectivity index (χ1n) is 15.4. The van der Waals surface area contributed by atoms with Crippen molar-refractivity contribution in [3.05, 3.63) is 23.3 Å². The largest absolute Gasteiger partial charge is 0.465 e. The van der Waals surface area contributed by atoms with Crippen molar-refractivity contribution in [3.63, 3.8) is 0 Å². The third-order valence-corrected chi connectivity index (χ3v) is 12.6. The van der Waals surface area contributed by atoms with Gasteiger partial charge in [0.2, 0.25) is 0 Å². The van der Waals surface area contributed by atoms with Crippen molar-refractivity contribution < 1.29 is 43.2 Å². The molecule has 1 N–H and O–H groups in total. The van der Waals surface area contributed by atoms with Gasteiger partial charge in [0.1, 0.15) is 12.2 Å². The molecule has 0 amide bonds. The van der Waals surface area contributed by atoms with E-state index in [1.165, 1.54) is 6.92 Å². The fraction of sp³-hybridized carbons (Fsp3) is 0.758. The maximum absolute atomic E-state index is 13.8. The molecule has 42 heavy (non-hydrogen) atoms. The number of aliphatic hydroxyl groups excluding tert-OH is 1. The van der Waals surface area contributed by atoms with Gasteiger partial charge in [-0.3, -0.25) is 14.4 Å². The van der Waals surface area contributed by atoms with Crippen LogP contribution in [0.25, 0.3) is 0 Å². The van der Waals surface area contributed by atoms with E-state index in [2.05, 4.69) is 27.7 Å². The van der Waals surface area contributed by atoms with Gasteiger partial charge in [-0.2, -0.15) is 0 Å². The number of allylic oxidation sites excluding steroid dienone is 2.